The molecule has 7 nitrogen and oxygen atoms in total. The van der Waals surface area contributed by atoms with E-state index < -0.39 is 0 Å². The fraction of sp³-hybridized carbons (Fsp3) is 0.591. The Morgan fingerprint density at radius 3 is 2.76 bits per heavy atom. The number of rotatable bonds is 5. The van der Waals surface area contributed by atoms with Crippen molar-refractivity contribution < 1.29 is 14.6 Å². The first kappa shape index (κ1) is 18.9. The Hall–Kier alpha value is -2.09. The van der Waals surface area contributed by atoms with E-state index in [0.717, 1.165) is 60.6 Å². The molecule has 29 heavy (non-hydrogen) atoms. The second kappa shape index (κ2) is 7.63. The summed E-state index contributed by atoms with van der Waals surface area (Å²) in [7, 11) is 0. The summed E-state index contributed by atoms with van der Waals surface area (Å²) in [6, 6.07) is 7.50. The molecule has 1 aromatic heterocycles. The van der Waals surface area contributed by atoms with Gasteiger partial charge in [0.2, 0.25) is 5.88 Å². The number of ether oxygens (including phenoxy) is 2. The molecule has 1 aromatic carbocycles. The van der Waals surface area contributed by atoms with Crippen LogP contribution in [0.4, 0.5) is 5.69 Å². The zero-order valence-corrected chi connectivity index (χ0v) is 17.2. The van der Waals surface area contributed by atoms with Crippen molar-refractivity contribution in [2.45, 2.75) is 38.4 Å². The minimum absolute atomic E-state index is 0.251. The fourth-order valence-electron chi connectivity index (χ4n) is 4.73. The molecule has 0 bridgehead atoms. The number of aliphatic imine (C=N–C) groups is 1. The van der Waals surface area contributed by atoms with Crippen molar-refractivity contribution in [1.29, 1.82) is 0 Å². The predicted molar refractivity (Wildman–Crippen MR) is 114 cm³/mol. The summed E-state index contributed by atoms with van der Waals surface area (Å²) in [5, 5.41) is 15.9. The quantitative estimate of drug-likeness (QED) is 0.810. The van der Waals surface area contributed by atoms with Crippen LogP contribution in [0.3, 0.4) is 0 Å². The van der Waals surface area contributed by atoms with E-state index in [-0.39, 0.29) is 6.04 Å². The van der Waals surface area contributed by atoms with E-state index in [0.29, 0.717) is 37.7 Å². The van der Waals surface area contributed by atoms with Gasteiger partial charge in [0.1, 0.15) is 0 Å². The standard InChI is InChI=1S/C22H30N4O3/c1-14(2)24-15-3-4-20-18(9-15)21(19-13-28-8-6-23-19)22(27)26(20)16-5-7-25(10-16)17-11-29-12-17/h3-4,9,14,16-17,24,27H,5-8,10-13H2,1-2H3/t16-/m0/s1. The van der Waals surface area contributed by atoms with Gasteiger partial charge >= 0.3 is 0 Å². The van der Waals surface area contributed by atoms with Crippen LogP contribution < -0.4 is 5.32 Å². The van der Waals surface area contributed by atoms with Crippen molar-refractivity contribution in [1.82, 2.24) is 9.47 Å². The summed E-state index contributed by atoms with van der Waals surface area (Å²) >= 11 is 0. The van der Waals surface area contributed by atoms with E-state index in [9.17, 15) is 5.11 Å². The normalized spacial score (nSPS) is 23.6. The van der Waals surface area contributed by atoms with Gasteiger partial charge in [0.05, 0.1) is 61.8 Å². The van der Waals surface area contributed by atoms with Gasteiger partial charge in [-0.25, -0.2) is 0 Å². The highest BCUT2D eigenvalue weighted by atomic mass is 16.5. The largest absolute Gasteiger partial charge is 0.494 e. The van der Waals surface area contributed by atoms with Crippen LogP contribution in [-0.4, -0.2) is 78.4 Å². The number of hydrogen-bond acceptors (Lipinski definition) is 6. The number of benzene rings is 1. The summed E-state index contributed by atoms with van der Waals surface area (Å²) in [5.74, 6) is 0.322. The molecule has 156 valence electrons. The lowest BCUT2D eigenvalue weighted by atomic mass is 10.1. The predicted octanol–water partition coefficient (Wildman–Crippen LogP) is 2.63. The molecule has 0 spiro atoms. The monoisotopic (exact) mass is 398 g/mol. The van der Waals surface area contributed by atoms with Crippen LogP contribution >= 0.6 is 0 Å². The van der Waals surface area contributed by atoms with Crippen LogP contribution in [0.2, 0.25) is 0 Å². The van der Waals surface area contributed by atoms with E-state index in [1.54, 1.807) is 0 Å². The number of fused-ring (bicyclic) bond motifs is 1. The summed E-state index contributed by atoms with van der Waals surface area (Å²) in [6.07, 6.45) is 1.03. The van der Waals surface area contributed by atoms with Crippen molar-refractivity contribution in [3.8, 4) is 5.88 Å². The topological polar surface area (TPSA) is 71.3 Å². The number of hydrogen-bond donors (Lipinski definition) is 2. The van der Waals surface area contributed by atoms with Crippen molar-refractivity contribution in [2.75, 3.05) is 51.4 Å². The second-order valence-corrected chi connectivity index (χ2v) is 8.61. The lowest BCUT2D eigenvalue weighted by Crippen LogP contribution is -2.47. The Morgan fingerprint density at radius 2 is 2.07 bits per heavy atom. The number of anilines is 1. The van der Waals surface area contributed by atoms with E-state index in [1.807, 2.05) is 0 Å². The molecule has 7 heteroatoms. The molecule has 2 N–H and O–H groups in total. The molecule has 2 aromatic rings. The van der Waals surface area contributed by atoms with Gasteiger partial charge in [0, 0.05) is 30.2 Å². The van der Waals surface area contributed by atoms with Crippen LogP contribution in [0.1, 0.15) is 31.9 Å². The Kier molecular flexibility index (Phi) is 4.97. The number of nitrogens with one attached hydrogen (secondary N) is 1. The molecule has 0 saturated carbocycles. The van der Waals surface area contributed by atoms with Gasteiger partial charge in [-0.2, -0.15) is 0 Å². The van der Waals surface area contributed by atoms with E-state index >= 15 is 0 Å². The fourth-order valence-corrected chi connectivity index (χ4v) is 4.73. The average molecular weight is 399 g/mol. The maximum atomic E-state index is 11.4. The lowest BCUT2D eigenvalue weighted by Gasteiger charge is -2.34. The van der Waals surface area contributed by atoms with Crippen LogP contribution in [0.25, 0.3) is 10.9 Å². The van der Waals surface area contributed by atoms with Gasteiger partial charge in [0.25, 0.3) is 0 Å². The van der Waals surface area contributed by atoms with Gasteiger partial charge in [-0.3, -0.25) is 9.89 Å². The third-order valence-electron chi connectivity index (χ3n) is 6.20. The van der Waals surface area contributed by atoms with Crippen LogP contribution in [-0.2, 0) is 9.47 Å². The molecule has 2 saturated heterocycles. The van der Waals surface area contributed by atoms with E-state index in [1.165, 1.54) is 0 Å². The van der Waals surface area contributed by atoms with Gasteiger partial charge < -0.3 is 24.5 Å². The zero-order chi connectivity index (χ0) is 20.0. The van der Waals surface area contributed by atoms with Gasteiger partial charge in [-0.15, -0.1) is 0 Å². The molecule has 3 aliphatic heterocycles. The molecule has 3 aliphatic rings. The SMILES string of the molecule is CC(C)Nc1ccc2c(c1)c(C1=NCCOC1)c(O)n2[C@H]1CCN(C2COC2)C1. The number of aromatic nitrogens is 1. The number of likely N-dealkylation sites (tertiary alicyclic amines) is 1. The molecule has 0 amide bonds. The van der Waals surface area contributed by atoms with Crippen LogP contribution in [0.5, 0.6) is 5.88 Å². The first-order chi connectivity index (χ1) is 14.1. The number of aromatic hydroxyl groups is 1. The maximum absolute atomic E-state index is 11.4. The molecular weight excluding hydrogens is 368 g/mol. The highest BCUT2D eigenvalue weighted by Crippen LogP contribution is 2.40. The lowest BCUT2D eigenvalue weighted by molar-refractivity contribution is -0.0578. The Labute approximate surface area is 171 Å². The molecular formula is C22H30N4O3. The summed E-state index contributed by atoms with van der Waals surface area (Å²) in [5.41, 5.74) is 3.80. The average Bonchev–Trinajstić information content (AvgIpc) is 3.22. The Balaban J connectivity index is 1.58. The van der Waals surface area contributed by atoms with E-state index in [2.05, 4.69) is 51.8 Å². The third-order valence-corrected chi connectivity index (χ3v) is 6.20. The van der Waals surface area contributed by atoms with Crippen LogP contribution in [0.15, 0.2) is 23.2 Å². The minimum Gasteiger partial charge on any atom is -0.494 e. The van der Waals surface area contributed by atoms with Gasteiger partial charge in [-0.1, -0.05) is 0 Å². The molecule has 4 heterocycles. The molecule has 5 rings (SSSR count). The first-order valence-electron chi connectivity index (χ1n) is 10.7. The molecule has 0 aliphatic carbocycles. The molecule has 0 unspecified atom stereocenters. The third kappa shape index (κ3) is 3.41. The smallest absolute Gasteiger partial charge is 0.201 e. The highest BCUT2D eigenvalue weighted by Gasteiger charge is 2.35. The highest BCUT2D eigenvalue weighted by molar-refractivity contribution is 6.14. The summed E-state index contributed by atoms with van der Waals surface area (Å²) in [6.45, 7) is 9.64. The molecule has 1 atom stereocenters. The van der Waals surface area contributed by atoms with Crippen molar-refractivity contribution in [2.24, 2.45) is 4.99 Å². The van der Waals surface area contributed by atoms with Gasteiger partial charge in [0.15, 0.2) is 0 Å². The summed E-state index contributed by atoms with van der Waals surface area (Å²) < 4.78 is 13.2. The minimum atomic E-state index is 0.251. The number of nitrogens with zero attached hydrogens (tertiary/aromatic N) is 3. The first-order valence-corrected chi connectivity index (χ1v) is 10.7. The zero-order valence-electron chi connectivity index (χ0n) is 17.2. The van der Waals surface area contributed by atoms with Crippen LogP contribution in [0, 0.1) is 0 Å². The van der Waals surface area contributed by atoms with Gasteiger partial charge in [-0.05, 0) is 38.5 Å². The van der Waals surface area contributed by atoms with Crippen molar-refractivity contribution in [3.05, 3.63) is 23.8 Å². The summed E-state index contributed by atoms with van der Waals surface area (Å²) in [4.78, 5) is 7.17. The van der Waals surface area contributed by atoms with Crippen molar-refractivity contribution >= 4 is 22.3 Å². The van der Waals surface area contributed by atoms with Crippen molar-refractivity contribution in [3.63, 3.8) is 0 Å². The maximum Gasteiger partial charge on any atom is 0.201 e. The Morgan fingerprint density at radius 1 is 1.21 bits per heavy atom. The Bertz CT molecular complexity index is 932. The van der Waals surface area contributed by atoms with E-state index in [4.69, 9.17) is 9.47 Å². The molecule has 2 fully saturated rings. The molecule has 0 radical (unpaired) electrons. The second-order valence-electron chi connectivity index (χ2n) is 8.61.